The third-order valence-corrected chi connectivity index (χ3v) is 5.99. The lowest BCUT2D eigenvalue weighted by atomic mass is 10.0. The van der Waals surface area contributed by atoms with Crippen LogP contribution < -0.4 is 10.1 Å². The average Bonchev–Trinajstić information content (AvgIpc) is 3.57. The lowest BCUT2D eigenvalue weighted by Gasteiger charge is -2.33. The van der Waals surface area contributed by atoms with Crippen molar-refractivity contribution in [1.29, 1.82) is 0 Å². The van der Waals surface area contributed by atoms with Crippen molar-refractivity contribution >= 4 is 30.7 Å². The standard InChI is InChI=1S/C24H31N3O2.2ClH/c1-17-12-21(13-18(2)23(17)29-16-20-4-3-9-25-14-20)24(28)27-10-7-22(8-11-27)26-15-19-5-6-19;;/h3-4,9,12-14,19,22,26H,5-8,10-11,15-16H2,1-2H3;2*1H. The van der Waals surface area contributed by atoms with Crippen LogP contribution >= 0.6 is 24.8 Å². The van der Waals surface area contributed by atoms with Gasteiger partial charge in [-0.3, -0.25) is 9.78 Å². The van der Waals surface area contributed by atoms with Gasteiger partial charge in [0.15, 0.2) is 0 Å². The maximum atomic E-state index is 13.0. The molecule has 4 rings (SSSR count). The SMILES string of the molecule is Cc1cc(C(=O)N2CCC(NCC3CC3)CC2)cc(C)c1OCc1cccnc1.Cl.Cl. The van der Waals surface area contributed by atoms with E-state index >= 15 is 0 Å². The van der Waals surface area contributed by atoms with Crippen molar-refractivity contribution in [3.63, 3.8) is 0 Å². The van der Waals surface area contributed by atoms with E-state index in [2.05, 4.69) is 10.3 Å². The largest absolute Gasteiger partial charge is 0.488 e. The Morgan fingerprint density at radius 3 is 2.39 bits per heavy atom. The number of amides is 1. The number of piperidine rings is 1. The highest BCUT2D eigenvalue weighted by Gasteiger charge is 2.26. The van der Waals surface area contributed by atoms with Crippen molar-refractivity contribution < 1.29 is 9.53 Å². The Bertz CT molecular complexity index is 828. The Hall–Kier alpha value is -1.82. The van der Waals surface area contributed by atoms with E-state index in [9.17, 15) is 4.79 Å². The number of carbonyl (C=O) groups excluding carboxylic acids is 1. The third kappa shape index (κ3) is 6.83. The summed E-state index contributed by atoms with van der Waals surface area (Å²) in [6.07, 6.45) is 8.42. The predicted molar refractivity (Wildman–Crippen MR) is 129 cm³/mol. The van der Waals surface area contributed by atoms with Crippen molar-refractivity contribution in [2.45, 2.75) is 52.2 Å². The molecule has 2 aliphatic rings. The average molecular weight is 466 g/mol. The number of carbonyl (C=O) groups is 1. The van der Waals surface area contributed by atoms with Crippen LogP contribution in [-0.2, 0) is 6.61 Å². The van der Waals surface area contributed by atoms with E-state index in [-0.39, 0.29) is 30.7 Å². The van der Waals surface area contributed by atoms with Gasteiger partial charge in [-0.2, -0.15) is 0 Å². The minimum absolute atomic E-state index is 0. The summed E-state index contributed by atoms with van der Waals surface area (Å²) in [5.74, 6) is 1.89. The number of ether oxygens (including phenoxy) is 1. The fourth-order valence-electron chi connectivity index (χ4n) is 4.07. The van der Waals surface area contributed by atoms with E-state index in [1.807, 2.05) is 49.2 Å². The number of aryl methyl sites for hydroxylation is 2. The summed E-state index contributed by atoms with van der Waals surface area (Å²) in [5, 5.41) is 3.68. The van der Waals surface area contributed by atoms with Gasteiger partial charge in [0, 0.05) is 42.7 Å². The number of nitrogens with zero attached hydrogens (tertiary/aromatic N) is 2. The van der Waals surface area contributed by atoms with E-state index in [1.165, 1.54) is 12.8 Å². The number of hydrogen-bond donors (Lipinski definition) is 1. The fourth-order valence-corrected chi connectivity index (χ4v) is 4.07. The van der Waals surface area contributed by atoms with Crippen molar-refractivity contribution in [1.82, 2.24) is 15.2 Å². The number of aromatic nitrogens is 1. The molecular formula is C24H33Cl2N3O2. The number of halogens is 2. The molecule has 1 aromatic carbocycles. The van der Waals surface area contributed by atoms with E-state index < -0.39 is 0 Å². The molecule has 0 radical (unpaired) electrons. The van der Waals surface area contributed by atoms with Gasteiger partial charge in [-0.25, -0.2) is 0 Å². The number of benzene rings is 1. The van der Waals surface area contributed by atoms with Crippen LogP contribution in [0.2, 0.25) is 0 Å². The molecular weight excluding hydrogens is 433 g/mol. The lowest BCUT2D eigenvalue weighted by Crippen LogP contribution is -2.45. The highest BCUT2D eigenvalue weighted by Crippen LogP contribution is 2.29. The number of nitrogens with one attached hydrogen (secondary N) is 1. The second kappa shape index (κ2) is 11.7. The first-order valence-corrected chi connectivity index (χ1v) is 10.8. The molecule has 1 aromatic heterocycles. The summed E-state index contributed by atoms with van der Waals surface area (Å²) in [6, 6.07) is 8.39. The second-order valence-corrected chi connectivity index (χ2v) is 8.51. The van der Waals surface area contributed by atoms with Crippen molar-refractivity contribution in [2.24, 2.45) is 5.92 Å². The zero-order valence-electron chi connectivity index (χ0n) is 18.3. The van der Waals surface area contributed by atoms with Crippen molar-refractivity contribution in [2.75, 3.05) is 19.6 Å². The van der Waals surface area contributed by atoms with Gasteiger partial charge < -0.3 is 15.0 Å². The van der Waals surface area contributed by atoms with Crippen LogP contribution in [0.1, 0.15) is 52.7 Å². The molecule has 2 aromatic rings. The topological polar surface area (TPSA) is 54.5 Å². The first kappa shape index (κ1) is 25.4. The molecule has 5 nitrogen and oxygen atoms in total. The van der Waals surface area contributed by atoms with E-state index in [1.54, 1.807) is 6.20 Å². The van der Waals surface area contributed by atoms with E-state index in [0.717, 1.165) is 66.4 Å². The molecule has 1 aliphatic heterocycles. The molecule has 1 saturated carbocycles. The van der Waals surface area contributed by atoms with Crippen LogP contribution in [0.4, 0.5) is 0 Å². The second-order valence-electron chi connectivity index (χ2n) is 8.51. The zero-order valence-corrected chi connectivity index (χ0v) is 19.9. The maximum absolute atomic E-state index is 13.0. The summed E-state index contributed by atoms with van der Waals surface area (Å²) in [4.78, 5) is 19.2. The van der Waals surface area contributed by atoms with Gasteiger partial charge in [0.25, 0.3) is 5.91 Å². The van der Waals surface area contributed by atoms with Gasteiger partial charge in [-0.05, 0) is 81.3 Å². The Kier molecular flexibility index (Phi) is 9.60. The minimum Gasteiger partial charge on any atom is -0.488 e. The smallest absolute Gasteiger partial charge is 0.253 e. The predicted octanol–water partition coefficient (Wildman–Crippen LogP) is 4.73. The monoisotopic (exact) mass is 465 g/mol. The van der Waals surface area contributed by atoms with Crippen LogP contribution in [0.3, 0.4) is 0 Å². The molecule has 2 heterocycles. The van der Waals surface area contributed by atoms with Crippen LogP contribution in [0.25, 0.3) is 0 Å². The number of pyridine rings is 1. The van der Waals surface area contributed by atoms with E-state index in [4.69, 9.17) is 4.74 Å². The summed E-state index contributed by atoms with van der Waals surface area (Å²) in [6.45, 7) is 7.31. The summed E-state index contributed by atoms with van der Waals surface area (Å²) >= 11 is 0. The van der Waals surface area contributed by atoms with Crippen LogP contribution in [0.15, 0.2) is 36.7 Å². The lowest BCUT2D eigenvalue weighted by molar-refractivity contribution is 0.0704. The molecule has 1 saturated heterocycles. The van der Waals surface area contributed by atoms with Gasteiger partial charge in [-0.15, -0.1) is 24.8 Å². The Morgan fingerprint density at radius 1 is 1.13 bits per heavy atom. The highest BCUT2D eigenvalue weighted by molar-refractivity contribution is 5.95. The van der Waals surface area contributed by atoms with Crippen molar-refractivity contribution in [3.8, 4) is 5.75 Å². The summed E-state index contributed by atoms with van der Waals surface area (Å²) < 4.78 is 6.03. The quantitative estimate of drug-likeness (QED) is 0.642. The Morgan fingerprint density at radius 2 is 1.81 bits per heavy atom. The van der Waals surface area contributed by atoms with Gasteiger partial charge >= 0.3 is 0 Å². The molecule has 0 spiro atoms. The highest BCUT2D eigenvalue weighted by atomic mass is 35.5. The summed E-state index contributed by atoms with van der Waals surface area (Å²) in [5.41, 5.74) is 3.79. The molecule has 1 aliphatic carbocycles. The third-order valence-electron chi connectivity index (χ3n) is 5.99. The molecule has 1 N–H and O–H groups in total. The fraction of sp³-hybridized carbons (Fsp3) is 0.500. The van der Waals surface area contributed by atoms with Gasteiger partial charge in [0.05, 0.1) is 0 Å². The van der Waals surface area contributed by atoms with Crippen LogP contribution in [-0.4, -0.2) is 41.5 Å². The number of rotatable bonds is 7. The molecule has 0 bridgehead atoms. The molecule has 2 fully saturated rings. The van der Waals surface area contributed by atoms with Crippen molar-refractivity contribution in [3.05, 3.63) is 58.9 Å². The normalized spacial score (nSPS) is 16.3. The maximum Gasteiger partial charge on any atom is 0.253 e. The summed E-state index contributed by atoms with van der Waals surface area (Å²) in [7, 11) is 0. The molecule has 170 valence electrons. The zero-order chi connectivity index (χ0) is 20.2. The van der Waals surface area contributed by atoms with E-state index in [0.29, 0.717) is 12.6 Å². The molecule has 1 amide bonds. The molecule has 0 unspecified atom stereocenters. The first-order chi connectivity index (χ1) is 14.1. The van der Waals surface area contributed by atoms with Gasteiger partial charge in [0.2, 0.25) is 0 Å². The van der Waals surface area contributed by atoms with Gasteiger partial charge in [-0.1, -0.05) is 6.07 Å². The van der Waals surface area contributed by atoms with Crippen LogP contribution in [0, 0.1) is 19.8 Å². The minimum atomic E-state index is 0. The molecule has 31 heavy (non-hydrogen) atoms. The first-order valence-electron chi connectivity index (χ1n) is 10.8. The van der Waals surface area contributed by atoms with Gasteiger partial charge in [0.1, 0.15) is 12.4 Å². The number of hydrogen-bond acceptors (Lipinski definition) is 4. The number of likely N-dealkylation sites (tertiary alicyclic amines) is 1. The van der Waals surface area contributed by atoms with Crippen LogP contribution in [0.5, 0.6) is 5.75 Å². The molecule has 0 atom stereocenters. The molecule has 7 heteroatoms. The Balaban J connectivity index is 0.00000171. The Labute approximate surface area is 197 Å².